The lowest BCUT2D eigenvalue weighted by atomic mass is 10.2. The van der Waals surface area contributed by atoms with Crippen molar-refractivity contribution in [3.63, 3.8) is 0 Å². The summed E-state index contributed by atoms with van der Waals surface area (Å²) in [5, 5.41) is 0.0770. The number of nitrogens with zero attached hydrogens (tertiary/aromatic N) is 1. The number of nitrogen functional groups attached to an aromatic ring is 1. The fourth-order valence-electron chi connectivity index (χ4n) is 1.34. The van der Waals surface area contributed by atoms with Gasteiger partial charge in [-0.15, -0.1) is 0 Å². The molecule has 0 radical (unpaired) electrons. The highest BCUT2D eigenvalue weighted by Gasteiger charge is 2.12. The summed E-state index contributed by atoms with van der Waals surface area (Å²) >= 11 is 1.11. The minimum absolute atomic E-state index is 0.0770. The van der Waals surface area contributed by atoms with Gasteiger partial charge in [0.2, 0.25) is 0 Å². The van der Waals surface area contributed by atoms with E-state index in [1.54, 1.807) is 0 Å². The molecule has 94 valence electrons. The van der Waals surface area contributed by atoms with Crippen LogP contribution in [0.3, 0.4) is 0 Å². The summed E-state index contributed by atoms with van der Waals surface area (Å²) < 4.78 is 26.7. The highest BCUT2D eigenvalue weighted by Crippen LogP contribution is 2.30. The Balaban J connectivity index is 2.31. The Hall–Kier alpha value is -1.66. The maximum Gasteiger partial charge on any atom is 0.177 e. The molecule has 2 rings (SSSR count). The number of pyridine rings is 1. The molecular formula is C12H11F2N3S. The molecule has 0 aliphatic rings. The number of aromatic nitrogens is 1. The van der Waals surface area contributed by atoms with Crippen molar-refractivity contribution in [3.8, 4) is 0 Å². The van der Waals surface area contributed by atoms with Crippen LogP contribution in [0.25, 0.3) is 0 Å². The first-order chi connectivity index (χ1) is 8.60. The lowest BCUT2D eigenvalue weighted by Gasteiger charge is -2.06. The van der Waals surface area contributed by atoms with Crippen LogP contribution in [0.2, 0.25) is 0 Å². The van der Waals surface area contributed by atoms with E-state index in [1.807, 2.05) is 31.2 Å². The summed E-state index contributed by atoms with van der Waals surface area (Å²) in [6, 6.07) is 8.27. The van der Waals surface area contributed by atoms with E-state index in [4.69, 9.17) is 5.84 Å². The molecule has 6 heteroatoms. The molecule has 18 heavy (non-hydrogen) atoms. The van der Waals surface area contributed by atoms with Gasteiger partial charge in [0.05, 0.1) is 0 Å². The van der Waals surface area contributed by atoms with Crippen LogP contribution in [0.15, 0.2) is 40.3 Å². The minimum atomic E-state index is -0.816. The number of rotatable bonds is 3. The van der Waals surface area contributed by atoms with Gasteiger partial charge in [0.25, 0.3) is 0 Å². The van der Waals surface area contributed by atoms with Gasteiger partial charge in [-0.3, -0.25) is 0 Å². The van der Waals surface area contributed by atoms with Crippen molar-refractivity contribution < 1.29 is 8.78 Å². The van der Waals surface area contributed by atoms with E-state index < -0.39 is 11.6 Å². The average molecular weight is 267 g/mol. The van der Waals surface area contributed by atoms with Crippen LogP contribution in [0.4, 0.5) is 14.6 Å². The molecule has 3 nitrogen and oxygen atoms in total. The fourth-order valence-corrected chi connectivity index (χ4v) is 2.13. The van der Waals surface area contributed by atoms with Crippen molar-refractivity contribution in [2.24, 2.45) is 5.84 Å². The summed E-state index contributed by atoms with van der Waals surface area (Å²) in [4.78, 5) is 4.61. The Labute approximate surface area is 107 Å². The van der Waals surface area contributed by atoms with E-state index in [0.717, 1.165) is 28.3 Å². The molecule has 0 aliphatic carbocycles. The van der Waals surface area contributed by atoms with Crippen LogP contribution in [-0.4, -0.2) is 4.98 Å². The number of hydrogen-bond donors (Lipinski definition) is 2. The molecule has 0 aliphatic heterocycles. The standard InChI is InChI=1S/C12H11F2N3S/c1-7-2-4-8(5-3-7)18-12-10(14)6-9(13)11(16-12)17-15/h2-6H,15H2,1H3,(H,16,17). The Morgan fingerprint density at radius 1 is 1.17 bits per heavy atom. The molecule has 0 unspecified atom stereocenters. The first-order valence-corrected chi connectivity index (χ1v) is 5.99. The van der Waals surface area contributed by atoms with Crippen molar-refractivity contribution in [2.75, 3.05) is 5.43 Å². The highest BCUT2D eigenvalue weighted by atomic mass is 32.2. The van der Waals surface area contributed by atoms with Gasteiger partial charge in [-0.1, -0.05) is 29.5 Å². The molecular weight excluding hydrogens is 256 g/mol. The Kier molecular flexibility index (Phi) is 3.78. The Bertz CT molecular complexity index is 558. The maximum absolute atomic E-state index is 13.5. The quantitative estimate of drug-likeness (QED) is 0.662. The predicted molar refractivity (Wildman–Crippen MR) is 67.3 cm³/mol. The van der Waals surface area contributed by atoms with Gasteiger partial charge in [-0.05, 0) is 19.1 Å². The number of nitrogens with one attached hydrogen (secondary N) is 1. The van der Waals surface area contributed by atoms with Crippen LogP contribution in [0.5, 0.6) is 0 Å². The van der Waals surface area contributed by atoms with Crippen molar-refractivity contribution >= 4 is 17.6 Å². The van der Waals surface area contributed by atoms with E-state index in [9.17, 15) is 8.78 Å². The molecule has 1 aromatic heterocycles. The second-order valence-electron chi connectivity index (χ2n) is 3.67. The summed E-state index contributed by atoms with van der Waals surface area (Å²) in [5.74, 6) is 3.40. The van der Waals surface area contributed by atoms with E-state index in [-0.39, 0.29) is 10.8 Å². The zero-order valence-corrected chi connectivity index (χ0v) is 10.4. The van der Waals surface area contributed by atoms with E-state index in [2.05, 4.69) is 10.4 Å². The van der Waals surface area contributed by atoms with E-state index >= 15 is 0 Å². The lowest BCUT2D eigenvalue weighted by Crippen LogP contribution is -2.11. The number of anilines is 1. The number of nitrogens with two attached hydrogens (primary N) is 1. The van der Waals surface area contributed by atoms with Crippen molar-refractivity contribution in [3.05, 3.63) is 47.5 Å². The molecule has 0 saturated carbocycles. The van der Waals surface area contributed by atoms with E-state index in [0.29, 0.717) is 0 Å². The number of hydrazine groups is 1. The third kappa shape index (κ3) is 2.77. The second kappa shape index (κ2) is 5.32. The largest absolute Gasteiger partial charge is 0.306 e. The van der Waals surface area contributed by atoms with Gasteiger partial charge in [0.15, 0.2) is 17.5 Å². The molecule has 0 atom stereocenters. The maximum atomic E-state index is 13.5. The number of hydrogen-bond acceptors (Lipinski definition) is 4. The van der Waals surface area contributed by atoms with Crippen LogP contribution in [-0.2, 0) is 0 Å². The monoisotopic (exact) mass is 267 g/mol. The van der Waals surface area contributed by atoms with Crippen LogP contribution in [0, 0.1) is 18.6 Å². The van der Waals surface area contributed by atoms with Crippen LogP contribution in [0.1, 0.15) is 5.56 Å². The summed E-state index contributed by atoms with van der Waals surface area (Å²) in [6.45, 7) is 1.96. The third-order valence-electron chi connectivity index (χ3n) is 2.27. The number of benzene rings is 1. The van der Waals surface area contributed by atoms with Gasteiger partial charge in [0.1, 0.15) is 5.03 Å². The predicted octanol–water partition coefficient (Wildman–Crippen LogP) is 3.11. The molecule has 1 aromatic carbocycles. The summed E-state index contributed by atoms with van der Waals surface area (Å²) in [7, 11) is 0. The van der Waals surface area contributed by atoms with Crippen molar-refractivity contribution in [1.29, 1.82) is 0 Å². The molecule has 3 N–H and O–H groups in total. The molecule has 0 saturated heterocycles. The summed E-state index contributed by atoms with van der Waals surface area (Å²) in [5.41, 5.74) is 3.20. The van der Waals surface area contributed by atoms with Crippen LogP contribution < -0.4 is 11.3 Å². The number of aryl methyl sites for hydroxylation is 1. The highest BCUT2D eigenvalue weighted by molar-refractivity contribution is 7.99. The summed E-state index contributed by atoms with van der Waals surface area (Å²) in [6.07, 6.45) is 0. The van der Waals surface area contributed by atoms with Crippen molar-refractivity contribution in [2.45, 2.75) is 16.8 Å². The van der Waals surface area contributed by atoms with E-state index in [1.165, 1.54) is 0 Å². The smallest absolute Gasteiger partial charge is 0.177 e. The van der Waals surface area contributed by atoms with Crippen LogP contribution >= 0.6 is 11.8 Å². The second-order valence-corrected chi connectivity index (χ2v) is 4.73. The van der Waals surface area contributed by atoms with Crippen molar-refractivity contribution in [1.82, 2.24) is 4.98 Å². The van der Waals surface area contributed by atoms with Gasteiger partial charge < -0.3 is 5.43 Å². The average Bonchev–Trinajstić information content (AvgIpc) is 2.35. The van der Waals surface area contributed by atoms with Gasteiger partial charge in [-0.2, -0.15) is 0 Å². The Morgan fingerprint density at radius 2 is 1.83 bits per heavy atom. The van der Waals surface area contributed by atoms with Gasteiger partial charge >= 0.3 is 0 Å². The molecule has 0 spiro atoms. The molecule has 2 aromatic rings. The first-order valence-electron chi connectivity index (χ1n) is 5.17. The lowest BCUT2D eigenvalue weighted by molar-refractivity contribution is 0.551. The fraction of sp³-hybridized carbons (Fsp3) is 0.0833. The molecule has 1 heterocycles. The zero-order valence-electron chi connectivity index (χ0n) is 9.58. The number of halogens is 2. The third-order valence-corrected chi connectivity index (χ3v) is 3.26. The first kappa shape index (κ1) is 12.8. The normalized spacial score (nSPS) is 10.4. The van der Waals surface area contributed by atoms with Gasteiger partial charge in [0, 0.05) is 11.0 Å². The molecule has 0 fully saturated rings. The SMILES string of the molecule is Cc1ccc(Sc2nc(NN)c(F)cc2F)cc1. The minimum Gasteiger partial charge on any atom is -0.306 e. The zero-order chi connectivity index (χ0) is 13.1. The molecule has 0 amide bonds. The van der Waals surface area contributed by atoms with Gasteiger partial charge in [-0.25, -0.2) is 19.6 Å². The Morgan fingerprint density at radius 3 is 2.44 bits per heavy atom. The topological polar surface area (TPSA) is 50.9 Å². The molecule has 0 bridgehead atoms.